The molecular weight excluding hydrogens is 272 g/mol. The van der Waals surface area contributed by atoms with Crippen LogP contribution in [0.5, 0.6) is 0 Å². The van der Waals surface area contributed by atoms with Crippen LogP contribution in [0.2, 0.25) is 0 Å². The van der Waals surface area contributed by atoms with Crippen LogP contribution in [0.1, 0.15) is 37.8 Å². The quantitative estimate of drug-likeness (QED) is 0.809. The lowest BCUT2D eigenvalue weighted by Gasteiger charge is -2.13. The van der Waals surface area contributed by atoms with Crippen molar-refractivity contribution in [2.24, 2.45) is 5.41 Å². The molecule has 0 aliphatic heterocycles. The topological polar surface area (TPSA) is 58.2 Å². The molecule has 1 aliphatic carbocycles. The molecule has 0 radical (unpaired) electrons. The van der Waals surface area contributed by atoms with E-state index in [-0.39, 0.29) is 5.41 Å². The Morgan fingerprint density at radius 3 is 2.50 bits per heavy atom. The molecule has 1 aliphatic rings. The fourth-order valence-electron chi connectivity index (χ4n) is 2.21. The average molecular weight is 296 g/mol. The molecule has 2 N–H and O–H groups in total. The summed E-state index contributed by atoms with van der Waals surface area (Å²) in [6, 6.07) is 5.41. The van der Waals surface area contributed by atoms with Gasteiger partial charge in [0.15, 0.2) is 0 Å². The average Bonchev–Trinajstić information content (AvgIpc) is 3.16. The van der Waals surface area contributed by atoms with Crippen molar-refractivity contribution in [1.82, 2.24) is 10.0 Å². The van der Waals surface area contributed by atoms with Gasteiger partial charge in [-0.1, -0.05) is 19.9 Å². The van der Waals surface area contributed by atoms with Gasteiger partial charge in [0.25, 0.3) is 0 Å². The number of aryl methyl sites for hydroxylation is 1. The number of rotatable bonds is 7. The molecule has 0 heterocycles. The molecule has 0 unspecified atom stereocenters. The summed E-state index contributed by atoms with van der Waals surface area (Å²) in [7, 11) is -1.53. The lowest BCUT2D eigenvalue weighted by molar-refractivity contribution is 0.530. The van der Waals surface area contributed by atoms with Crippen molar-refractivity contribution in [3.8, 4) is 0 Å². The van der Waals surface area contributed by atoms with Crippen LogP contribution in [-0.2, 0) is 23.0 Å². The summed E-state index contributed by atoms with van der Waals surface area (Å²) in [5.41, 5.74) is 2.41. The summed E-state index contributed by atoms with van der Waals surface area (Å²) in [5, 5.41) is 3.09. The van der Waals surface area contributed by atoms with Crippen LogP contribution in [0.3, 0.4) is 0 Å². The maximum absolute atomic E-state index is 12.3. The van der Waals surface area contributed by atoms with E-state index in [2.05, 4.69) is 23.9 Å². The fraction of sp³-hybridized carbons (Fsp3) is 0.600. The lowest BCUT2D eigenvalue weighted by Crippen LogP contribution is -2.29. The van der Waals surface area contributed by atoms with Crippen molar-refractivity contribution < 1.29 is 8.42 Å². The predicted molar refractivity (Wildman–Crippen MR) is 81.1 cm³/mol. The third kappa shape index (κ3) is 3.59. The fourth-order valence-corrected chi connectivity index (χ4v) is 3.46. The molecule has 0 saturated heterocycles. The van der Waals surface area contributed by atoms with Crippen LogP contribution < -0.4 is 10.0 Å². The summed E-state index contributed by atoms with van der Waals surface area (Å²) in [6.45, 7) is 5.41. The van der Waals surface area contributed by atoms with E-state index in [1.165, 1.54) is 5.56 Å². The molecule has 1 aromatic carbocycles. The Morgan fingerprint density at radius 1 is 1.25 bits per heavy atom. The molecule has 20 heavy (non-hydrogen) atoms. The highest BCUT2D eigenvalue weighted by Crippen LogP contribution is 2.44. The number of benzene rings is 1. The maximum Gasteiger partial charge on any atom is 0.240 e. The van der Waals surface area contributed by atoms with Crippen LogP contribution in [-0.4, -0.2) is 22.0 Å². The standard InChI is InChI=1S/C15H24N2O2S/c1-4-12-5-6-14(9-13(12)10-16-3)20(18,19)17-11-15(2)7-8-15/h5-6,9,16-17H,4,7-8,10-11H2,1-3H3. The third-order valence-corrected chi connectivity index (χ3v) is 5.43. The SMILES string of the molecule is CCc1ccc(S(=O)(=O)NCC2(C)CC2)cc1CNC. The molecule has 1 aromatic rings. The van der Waals surface area contributed by atoms with Crippen molar-refractivity contribution in [3.63, 3.8) is 0 Å². The van der Waals surface area contributed by atoms with Crippen molar-refractivity contribution in [3.05, 3.63) is 29.3 Å². The van der Waals surface area contributed by atoms with Gasteiger partial charge in [0, 0.05) is 13.1 Å². The number of nitrogens with one attached hydrogen (secondary N) is 2. The Morgan fingerprint density at radius 2 is 1.95 bits per heavy atom. The monoisotopic (exact) mass is 296 g/mol. The Bertz CT molecular complexity index is 578. The first-order valence-electron chi connectivity index (χ1n) is 7.16. The van der Waals surface area contributed by atoms with E-state index in [1.54, 1.807) is 12.1 Å². The number of hydrogen-bond acceptors (Lipinski definition) is 3. The van der Waals surface area contributed by atoms with E-state index >= 15 is 0 Å². The molecule has 5 heteroatoms. The number of sulfonamides is 1. The zero-order valence-electron chi connectivity index (χ0n) is 12.5. The minimum atomic E-state index is -3.40. The van der Waals surface area contributed by atoms with Crippen LogP contribution in [0.4, 0.5) is 0 Å². The molecular formula is C15H24N2O2S. The molecule has 0 amide bonds. The molecule has 0 aromatic heterocycles. The van der Waals surface area contributed by atoms with Crippen LogP contribution >= 0.6 is 0 Å². The molecule has 0 spiro atoms. The van der Waals surface area contributed by atoms with Crippen molar-refractivity contribution >= 4 is 10.0 Å². The first kappa shape index (κ1) is 15.5. The second kappa shape index (κ2) is 5.84. The molecule has 1 fully saturated rings. The van der Waals surface area contributed by atoms with Gasteiger partial charge < -0.3 is 5.32 Å². The van der Waals surface area contributed by atoms with E-state index in [0.29, 0.717) is 18.0 Å². The van der Waals surface area contributed by atoms with E-state index in [0.717, 1.165) is 24.8 Å². The highest BCUT2D eigenvalue weighted by molar-refractivity contribution is 7.89. The van der Waals surface area contributed by atoms with Crippen molar-refractivity contribution in [1.29, 1.82) is 0 Å². The Kier molecular flexibility index (Phi) is 4.52. The normalized spacial score (nSPS) is 17.1. The lowest BCUT2D eigenvalue weighted by atomic mass is 10.1. The van der Waals surface area contributed by atoms with E-state index in [1.807, 2.05) is 13.1 Å². The van der Waals surface area contributed by atoms with Crippen molar-refractivity contribution in [2.75, 3.05) is 13.6 Å². The summed E-state index contributed by atoms with van der Waals surface area (Å²) < 4.78 is 27.4. The highest BCUT2D eigenvalue weighted by Gasteiger charge is 2.38. The predicted octanol–water partition coefficient (Wildman–Crippen LogP) is 2.05. The van der Waals surface area contributed by atoms with Crippen molar-refractivity contribution in [2.45, 2.75) is 44.6 Å². The van der Waals surface area contributed by atoms with Gasteiger partial charge in [0.2, 0.25) is 10.0 Å². The van der Waals surface area contributed by atoms with Gasteiger partial charge in [-0.05, 0) is 55.0 Å². The molecule has 2 rings (SSSR count). The smallest absolute Gasteiger partial charge is 0.240 e. The summed E-state index contributed by atoms with van der Waals surface area (Å²) in [5.74, 6) is 0. The third-order valence-electron chi connectivity index (χ3n) is 4.03. The zero-order chi connectivity index (χ0) is 14.8. The first-order valence-corrected chi connectivity index (χ1v) is 8.64. The zero-order valence-corrected chi connectivity index (χ0v) is 13.3. The molecule has 4 nitrogen and oxygen atoms in total. The van der Waals surface area contributed by atoms with E-state index in [4.69, 9.17) is 0 Å². The highest BCUT2D eigenvalue weighted by atomic mass is 32.2. The number of hydrogen-bond donors (Lipinski definition) is 2. The second-order valence-electron chi connectivity index (χ2n) is 5.95. The van der Waals surface area contributed by atoms with Gasteiger partial charge >= 0.3 is 0 Å². The van der Waals surface area contributed by atoms with Gasteiger partial charge in [-0.25, -0.2) is 13.1 Å². The molecule has 112 valence electrons. The Balaban J connectivity index is 2.19. The van der Waals surface area contributed by atoms with Gasteiger partial charge in [-0.2, -0.15) is 0 Å². The van der Waals surface area contributed by atoms with E-state index < -0.39 is 10.0 Å². The van der Waals surface area contributed by atoms with Crippen LogP contribution in [0, 0.1) is 5.41 Å². The van der Waals surface area contributed by atoms with Gasteiger partial charge in [0.05, 0.1) is 4.90 Å². The Hall–Kier alpha value is -0.910. The van der Waals surface area contributed by atoms with E-state index in [9.17, 15) is 8.42 Å². The molecule has 0 bridgehead atoms. The van der Waals surface area contributed by atoms with Crippen LogP contribution in [0.25, 0.3) is 0 Å². The summed E-state index contributed by atoms with van der Waals surface area (Å²) in [6.07, 6.45) is 3.12. The minimum absolute atomic E-state index is 0.171. The summed E-state index contributed by atoms with van der Waals surface area (Å²) >= 11 is 0. The maximum atomic E-state index is 12.3. The van der Waals surface area contributed by atoms with Crippen LogP contribution in [0.15, 0.2) is 23.1 Å². The van der Waals surface area contributed by atoms with Gasteiger partial charge in [0.1, 0.15) is 0 Å². The Labute approximate surface area is 122 Å². The minimum Gasteiger partial charge on any atom is -0.316 e. The largest absolute Gasteiger partial charge is 0.316 e. The first-order chi connectivity index (χ1) is 9.40. The van der Waals surface area contributed by atoms with Gasteiger partial charge in [-0.3, -0.25) is 0 Å². The second-order valence-corrected chi connectivity index (χ2v) is 7.72. The summed E-state index contributed by atoms with van der Waals surface area (Å²) in [4.78, 5) is 0.365. The molecule has 1 saturated carbocycles. The molecule has 0 atom stereocenters. The van der Waals surface area contributed by atoms with Gasteiger partial charge in [-0.15, -0.1) is 0 Å².